The Kier molecular flexibility index (Phi) is 10.8. The summed E-state index contributed by atoms with van der Waals surface area (Å²) in [6.45, 7) is 5.66. The van der Waals surface area contributed by atoms with Crippen molar-refractivity contribution < 1.29 is 39.5 Å². The zero-order chi connectivity index (χ0) is 54.2. The van der Waals surface area contributed by atoms with Crippen LogP contribution in [0.4, 0.5) is 39.5 Å². The topological polar surface area (TPSA) is 53.5 Å². The minimum atomic E-state index is -4.91. The smallest absolute Gasteiger partial charge is 0.307 e. The SMILES string of the molecule is Cc1ccc2c3ccc(C)cc3n(-c3cc(-c4nc(-c5ccccc5)nc(-c5ccccc5)n4)cc(-n4c5cc(C(F)(F)F)ccc5c5ccc(C(F)(F)F)cc54)c3-n3c4cc(C)ccc4c4ccc(C(F)(F)F)cc43)c2c1. The van der Waals surface area contributed by atoms with Gasteiger partial charge in [0, 0.05) is 49.0 Å². The van der Waals surface area contributed by atoms with E-state index in [1.165, 1.54) is 22.8 Å². The van der Waals surface area contributed by atoms with E-state index in [-0.39, 0.29) is 67.4 Å². The van der Waals surface area contributed by atoms with Crippen LogP contribution in [0, 0.1) is 20.8 Å². The molecule has 78 heavy (non-hydrogen) atoms. The van der Waals surface area contributed by atoms with Crippen LogP contribution in [-0.4, -0.2) is 28.7 Å². The zero-order valence-corrected chi connectivity index (χ0v) is 41.4. The van der Waals surface area contributed by atoms with E-state index in [4.69, 9.17) is 15.0 Å². The summed E-state index contributed by atoms with van der Waals surface area (Å²) >= 11 is 0. The molecule has 4 aromatic heterocycles. The molecule has 384 valence electrons. The Hall–Kier alpha value is -9.24. The molecular formula is C63H39F9N6. The predicted molar refractivity (Wildman–Crippen MR) is 288 cm³/mol. The van der Waals surface area contributed by atoms with E-state index in [1.54, 1.807) is 22.8 Å². The Morgan fingerprint density at radius 2 is 0.577 bits per heavy atom. The van der Waals surface area contributed by atoms with Gasteiger partial charge in [0.15, 0.2) is 17.5 Å². The highest BCUT2D eigenvalue weighted by atomic mass is 19.4. The fourth-order valence-corrected chi connectivity index (χ4v) is 10.9. The summed E-state index contributed by atoms with van der Waals surface area (Å²) in [5.41, 5.74) is 2.70. The molecular weight excluding hydrogens is 1010 g/mol. The molecule has 13 rings (SSSR count). The molecule has 0 saturated carbocycles. The van der Waals surface area contributed by atoms with Crippen molar-refractivity contribution >= 4 is 65.4 Å². The number of hydrogen-bond acceptors (Lipinski definition) is 3. The number of halogens is 9. The molecule has 9 aromatic carbocycles. The molecule has 0 aliphatic heterocycles. The molecule has 4 heterocycles. The number of rotatable bonds is 6. The predicted octanol–water partition coefficient (Wildman–Crippen LogP) is 18.1. The van der Waals surface area contributed by atoms with Crippen LogP contribution in [0.3, 0.4) is 0 Å². The Balaban J connectivity index is 1.32. The summed E-state index contributed by atoms with van der Waals surface area (Å²) in [6, 6.07) is 48.3. The summed E-state index contributed by atoms with van der Waals surface area (Å²) in [7, 11) is 0. The van der Waals surface area contributed by atoms with Crippen molar-refractivity contribution in [3.05, 3.63) is 215 Å². The largest absolute Gasteiger partial charge is 0.416 e. The summed E-state index contributed by atoms with van der Waals surface area (Å²) in [5, 5.41) is 2.91. The summed E-state index contributed by atoms with van der Waals surface area (Å²) in [5.74, 6) is 0.595. The van der Waals surface area contributed by atoms with E-state index in [1.807, 2.05) is 135 Å². The maximum atomic E-state index is 15.1. The average Bonchev–Trinajstić information content (AvgIpc) is 4.10. The average molecular weight is 1050 g/mol. The maximum Gasteiger partial charge on any atom is 0.416 e. The molecule has 15 heteroatoms. The van der Waals surface area contributed by atoms with Gasteiger partial charge >= 0.3 is 18.5 Å². The highest BCUT2D eigenvalue weighted by molar-refractivity contribution is 6.14. The number of nitrogens with zero attached hydrogens (tertiary/aromatic N) is 6. The van der Waals surface area contributed by atoms with Gasteiger partial charge in [-0.15, -0.1) is 0 Å². The molecule has 6 nitrogen and oxygen atoms in total. The standard InChI is InChI=1S/C63H39F9N6/c1-34-14-20-43-44-21-15-35(2)27-50(44)76(49(43)26-34)55-29-39(60-74-58(37-10-6-4-7-11-37)73-59(75-60)38-12-8-5-9-13-38)30-56(57(55)78-51-28-36(3)16-22-45(51)48-25-19-42(33-54(48)78)63(70,71)72)77-52-31-40(61(64,65)66)17-23-46(52)47-24-18-41(32-53(47)77)62(67,68)69/h4-33H,1-3H3. The minimum absolute atomic E-state index is 0.00268. The lowest BCUT2D eigenvalue weighted by molar-refractivity contribution is -0.138. The molecule has 0 bridgehead atoms. The first-order chi connectivity index (χ1) is 37.3. The van der Waals surface area contributed by atoms with Crippen molar-refractivity contribution in [2.75, 3.05) is 0 Å². The Morgan fingerprint density at radius 1 is 0.295 bits per heavy atom. The molecule has 0 aliphatic carbocycles. The third-order valence-electron chi connectivity index (χ3n) is 14.5. The number of fused-ring (bicyclic) bond motifs is 9. The van der Waals surface area contributed by atoms with Gasteiger partial charge in [-0.1, -0.05) is 115 Å². The lowest BCUT2D eigenvalue weighted by Crippen LogP contribution is -2.12. The number of aromatic nitrogens is 6. The first-order valence-electron chi connectivity index (χ1n) is 24.7. The van der Waals surface area contributed by atoms with Crippen LogP contribution in [-0.2, 0) is 18.5 Å². The zero-order valence-electron chi connectivity index (χ0n) is 41.4. The molecule has 0 amide bonds. The van der Waals surface area contributed by atoms with Crippen LogP contribution in [0.25, 0.3) is 117 Å². The van der Waals surface area contributed by atoms with Crippen LogP contribution >= 0.6 is 0 Å². The first kappa shape index (κ1) is 48.4. The van der Waals surface area contributed by atoms with Crippen molar-refractivity contribution in [2.24, 2.45) is 0 Å². The number of aryl methyl sites for hydroxylation is 3. The van der Waals surface area contributed by atoms with Crippen molar-refractivity contribution in [1.29, 1.82) is 0 Å². The van der Waals surface area contributed by atoms with E-state index in [0.717, 1.165) is 63.9 Å². The molecule has 0 fully saturated rings. The Labute approximate surface area is 437 Å². The molecule has 0 N–H and O–H groups in total. The van der Waals surface area contributed by atoms with Crippen molar-refractivity contribution in [3.63, 3.8) is 0 Å². The van der Waals surface area contributed by atoms with Gasteiger partial charge in [0.2, 0.25) is 0 Å². The van der Waals surface area contributed by atoms with Gasteiger partial charge in [-0.05, 0) is 104 Å². The second-order valence-electron chi connectivity index (χ2n) is 19.7. The van der Waals surface area contributed by atoms with Gasteiger partial charge in [0.05, 0.1) is 66.9 Å². The number of alkyl halides is 9. The minimum Gasteiger partial charge on any atom is -0.307 e. The number of hydrogen-bond donors (Lipinski definition) is 0. The molecule has 0 aliphatic rings. The molecule has 0 unspecified atom stereocenters. The fraction of sp³-hybridized carbons (Fsp3) is 0.0952. The van der Waals surface area contributed by atoms with Gasteiger partial charge < -0.3 is 13.7 Å². The van der Waals surface area contributed by atoms with Gasteiger partial charge in [-0.25, -0.2) is 15.0 Å². The molecule has 0 spiro atoms. The molecule has 0 atom stereocenters. The van der Waals surface area contributed by atoms with Crippen LogP contribution in [0.15, 0.2) is 182 Å². The van der Waals surface area contributed by atoms with E-state index in [0.29, 0.717) is 38.4 Å². The third-order valence-corrected chi connectivity index (χ3v) is 14.5. The lowest BCUT2D eigenvalue weighted by atomic mass is 10.1. The van der Waals surface area contributed by atoms with Gasteiger partial charge in [0.25, 0.3) is 0 Å². The van der Waals surface area contributed by atoms with Crippen LogP contribution < -0.4 is 0 Å². The monoisotopic (exact) mass is 1050 g/mol. The van der Waals surface area contributed by atoms with Gasteiger partial charge in [-0.3, -0.25) is 0 Å². The van der Waals surface area contributed by atoms with Gasteiger partial charge in [0.1, 0.15) is 0 Å². The van der Waals surface area contributed by atoms with Crippen molar-refractivity contribution in [3.8, 4) is 51.2 Å². The third kappa shape index (κ3) is 7.93. The Morgan fingerprint density at radius 3 is 0.910 bits per heavy atom. The van der Waals surface area contributed by atoms with E-state index in [2.05, 4.69) is 0 Å². The summed E-state index contributed by atoms with van der Waals surface area (Å²) < 4.78 is 141. The van der Waals surface area contributed by atoms with E-state index in [9.17, 15) is 0 Å². The maximum absolute atomic E-state index is 15.1. The van der Waals surface area contributed by atoms with Crippen molar-refractivity contribution in [2.45, 2.75) is 39.3 Å². The highest BCUT2D eigenvalue weighted by Gasteiger charge is 2.36. The molecule has 0 saturated heterocycles. The molecule has 13 aromatic rings. The number of benzene rings is 9. The summed E-state index contributed by atoms with van der Waals surface area (Å²) in [4.78, 5) is 15.1. The van der Waals surface area contributed by atoms with Crippen LogP contribution in [0.5, 0.6) is 0 Å². The van der Waals surface area contributed by atoms with Crippen LogP contribution in [0.1, 0.15) is 33.4 Å². The lowest BCUT2D eigenvalue weighted by Gasteiger charge is -2.24. The highest BCUT2D eigenvalue weighted by Crippen LogP contribution is 2.47. The van der Waals surface area contributed by atoms with E-state index >= 15 is 39.5 Å². The van der Waals surface area contributed by atoms with Crippen molar-refractivity contribution in [1.82, 2.24) is 28.7 Å². The first-order valence-corrected chi connectivity index (χ1v) is 24.7. The quantitative estimate of drug-likeness (QED) is 0.156. The second kappa shape index (κ2) is 17.4. The van der Waals surface area contributed by atoms with E-state index < -0.39 is 35.2 Å². The van der Waals surface area contributed by atoms with Gasteiger partial charge in [-0.2, -0.15) is 39.5 Å². The fourth-order valence-electron chi connectivity index (χ4n) is 10.9. The molecule has 0 radical (unpaired) electrons. The normalized spacial score (nSPS) is 12.6. The Bertz CT molecular complexity index is 4410. The van der Waals surface area contributed by atoms with Crippen LogP contribution in [0.2, 0.25) is 0 Å². The second-order valence-corrected chi connectivity index (χ2v) is 19.7. The summed E-state index contributed by atoms with van der Waals surface area (Å²) in [6.07, 6.45) is -14.7.